The first kappa shape index (κ1) is 16.7. The zero-order chi connectivity index (χ0) is 16.1. The summed E-state index contributed by atoms with van der Waals surface area (Å²) in [4.78, 5) is 0. The van der Waals surface area contributed by atoms with Gasteiger partial charge in [-0.05, 0) is 49.8 Å². The standard InChI is InChI=1S/C19H27IO2/c1-12(2)19-10-17(18(5,22-19)9-16(19)20)21-11-15-13(3)7-6-8-14(15)4/h6-8,12,16-17H,9-11H2,1-5H3/t16-,17+,18-,19+/m0/s1. The van der Waals surface area contributed by atoms with E-state index in [9.17, 15) is 0 Å². The average molecular weight is 414 g/mol. The second kappa shape index (κ2) is 5.75. The minimum absolute atomic E-state index is 0.000748. The molecule has 2 bridgehead atoms. The van der Waals surface area contributed by atoms with E-state index >= 15 is 0 Å². The Bertz CT molecular complexity index is 550. The maximum absolute atomic E-state index is 6.55. The quantitative estimate of drug-likeness (QED) is 0.512. The molecule has 0 radical (unpaired) electrons. The van der Waals surface area contributed by atoms with Crippen molar-refractivity contribution in [2.45, 2.75) is 75.3 Å². The van der Waals surface area contributed by atoms with Gasteiger partial charge in [-0.15, -0.1) is 0 Å². The van der Waals surface area contributed by atoms with Crippen molar-refractivity contribution in [3.05, 3.63) is 34.9 Å². The number of aryl methyl sites for hydroxylation is 2. The summed E-state index contributed by atoms with van der Waals surface area (Å²) in [7, 11) is 0. The number of hydrogen-bond acceptors (Lipinski definition) is 2. The molecule has 0 spiro atoms. The molecule has 3 rings (SSSR count). The van der Waals surface area contributed by atoms with Crippen LogP contribution < -0.4 is 0 Å². The van der Waals surface area contributed by atoms with Crippen LogP contribution in [0.4, 0.5) is 0 Å². The number of hydrogen-bond donors (Lipinski definition) is 0. The highest BCUT2D eigenvalue weighted by Gasteiger charge is 2.65. The second-order valence-electron chi connectivity index (χ2n) is 7.57. The Morgan fingerprint density at radius 2 is 1.91 bits per heavy atom. The molecule has 1 aromatic carbocycles. The number of ether oxygens (including phenoxy) is 2. The fourth-order valence-corrected chi connectivity index (χ4v) is 6.13. The fraction of sp³-hybridized carbons (Fsp3) is 0.684. The van der Waals surface area contributed by atoms with E-state index in [4.69, 9.17) is 9.47 Å². The molecule has 3 heteroatoms. The largest absolute Gasteiger partial charge is 0.370 e. The maximum Gasteiger partial charge on any atom is 0.0935 e. The Morgan fingerprint density at radius 1 is 1.27 bits per heavy atom. The Kier molecular flexibility index (Phi) is 4.37. The zero-order valence-electron chi connectivity index (χ0n) is 14.3. The highest BCUT2D eigenvalue weighted by atomic mass is 127. The third-order valence-corrected chi connectivity index (χ3v) is 7.27. The highest BCUT2D eigenvalue weighted by Crippen LogP contribution is 2.57. The van der Waals surface area contributed by atoms with Crippen LogP contribution in [0.2, 0.25) is 0 Å². The van der Waals surface area contributed by atoms with Gasteiger partial charge in [0.15, 0.2) is 0 Å². The molecule has 0 amide bonds. The number of rotatable bonds is 4. The smallest absolute Gasteiger partial charge is 0.0935 e. The summed E-state index contributed by atoms with van der Waals surface area (Å²) in [5.41, 5.74) is 3.85. The molecule has 4 atom stereocenters. The molecule has 2 fully saturated rings. The predicted molar refractivity (Wildman–Crippen MR) is 98.6 cm³/mol. The van der Waals surface area contributed by atoms with Gasteiger partial charge in [-0.25, -0.2) is 0 Å². The van der Waals surface area contributed by atoms with Gasteiger partial charge in [0.05, 0.1) is 23.9 Å². The summed E-state index contributed by atoms with van der Waals surface area (Å²) in [6.07, 6.45) is 2.34. The van der Waals surface area contributed by atoms with Gasteiger partial charge in [0, 0.05) is 10.3 Å². The van der Waals surface area contributed by atoms with Crippen molar-refractivity contribution in [1.82, 2.24) is 0 Å². The van der Waals surface area contributed by atoms with Crippen molar-refractivity contribution < 1.29 is 9.47 Å². The third-order valence-electron chi connectivity index (χ3n) is 5.77. The monoisotopic (exact) mass is 414 g/mol. The normalized spacial score (nSPS) is 37.2. The summed E-state index contributed by atoms with van der Waals surface area (Å²) in [6, 6.07) is 6.45. The number of fused-ring (bicyclic) bond motifs is 2. The van der Waals surface area contributed by atoms with Crippen LogP contribution in [0.3, 0.4) is 0 Å². The third kappa shape index (κ3) is 2.53. The Labute approximate surface area is 148 Å². The van der Waals surface area contributed by atoms with Gasteiger partial charge in [-0.3, -0.25) is 0 Å². The SMILES string of the molecule is Cc1cccc(C)c1CO[C@@H]1C[C@]2(C(C)C)O[C@@]1(C)C[C@@H]2I. The minimum Gasteiger partial charge on any atom is -0.370 e. The van der Waals surface area contributed by atoms with Gasteiger partial charge in [0.1, 0.15) is 0 Å². The molecule has 122 valence electrons. The van der Waals surface area contributed by atoms with Crippen LogP contribution in [0.15, 0.2) is 18.2 Å². The van der Waals surface area contributed by atoms with Crippen molar-refractivity contribution in [3.63, 3.8) is 0 Å². The van der Waals surface area contributed by atoms with Crippen molar-refractivity contribution >= 4 is 22.6 Å². The average Bonchev–Trinajstić information content (AvgIpc) is 2.86. The van der Waals surface area contributed by atoms with Gasteiger partial charge in [-0.1, -0.05) is 54.6 Å². The van der Waals surface area contributed by atoms with E-state index in [2.05, 4.69) is 75.4 Å². The molecule has 1 aromatic rings. The Morgan fingerprint density at radius 3 is 2.45 bits per heavy atom. The lowest BCUT2D eigenvalue weighted by molar-refractivity contribution is -0.0955. The van der Waals surface area contributed by atoms with Gasteiger partial charge in [0.25, 0.3) is 0 Å². The molecule has 0 aliphatic carbocycles. The Balaban J connectivity index is 1.75. The van der Waals surface area contributed by atoms with Crippen LogP contribution in [0, 0.1) is 19.8 Å². The lowest BCUT2D eigenvalue weighted by Gasteiger charge is -2.35. The van der Waals surface area contributed by atoms with Crippen LogP contribution >= 0.6 is 22.6 Å². The molecular formula is C19H27IO2. The van der Waals surface area contributed by atoms with Crippen molar-refractivity contribution in [2.75, 3.05) is 0 Å². The molecular weight excluding hydrogens is 387 g/mol. The molecule has 2 aliphatic rings. The lowest BCUT2D eigenvalue weighted by atomic mass is 9.75. The van der Waals surface area contributed by atoms with Crippen LogP contribution in [0.1, 0.15) is 50.3 Å². The predicted octanol–water partition coefficient (Wildman–Crippen LogP) is 4.97. The topological polar surface area (TPSA) is 18.5 Å². The lowest BCUT2D eigenvalue weighted by Crippen LogP contribution is -2.44. The van der Waals surface area contributed by atoms with E-state index in [0.717, 1.165) is 12.8 Å². The van der Waals surface area contributed by atoms with Crippen LogP contribution in [0.5, 0.6) is 0 Å². The van der Waals surface area contributed by atoms with Gasteiger partial charge >= 0.3 is 0 Å². The first-order chi connectivity index (χ1) is 10.3. The second-order valence-corrected chi connectivity index (χ2v) is 9.07. The van der Waals surface area contributed by atoms with Gasteiger partial charge in [-0.2, -0.15) is 0 Å². The van der Waals surface area contributed by atoms with E-state index in [1.807, 2.05) is 0 Å². The summed E-state index contributed by atoms with van der Waals surface area (Å²) < 4.78 is 13.5. The summed E-state index contributed by atoms with van der Waals surface area (Å²) in [5.74, 6) is 0.532. The van der Waals surface area contributed by atoms with Crippen LogP contribution in [-0.4, -0.2) is 21.2 Å². The molecule has 2 aliphatic heterocycles. The Hall–Kier alpha value is -0.130. The molecule has 2 saturated heterocycles. The number of benzene rings is 1. The first-order valence-corrected chi connectivity index (χ1v) is 9.54. The maximum atomic E-state index is 6.55. The molecule has 0 aromatic heterocycles. The van der Waals surface area contributed by atoms with Crippen LogP contribution in [0.25, 0.3) is 0 Å². The van der Waals surface area contributed by atoms with Crippen LogP contribution in [-0.2, 0) is 16.1 Å². The van der Waals surface area contributed by atoms with E-state index < -0.39 is 0 Å². The minimum atomic E-state index is -0.118. The van der Waals surface area contributed by atoms with Crippen molar-refractivity contribution in [2.24, 2.45) is 5.92 Å². The molecule has 0 N–H and O–H groups in total. The van der Waals surface area contributed by atoms with Gasteiger partial charge in [0.2, 0.25) is 0 Å². The molecule has 2 nitrogen and oxygen atoms in total. The van der Waals surface area contributed by atoms with E-state index in [-0.39, 0.29) is 17.3 Å². The summed E-state index contributed by atoms with van der Waals surface area (Å²) >= 11 is 2.58. The summed E-state index contributed by atoms with van der Waals surface area (Å²) in [5, 5.41) is 0. The fourth-order valence-electron chi connectivity index (χ4n) is 4.15. The van der Waals surface area contributed by atoms with Crippen molar-refractivity contribution in [1.29, 1.82) is 0 Å². The van der Waals surface area contributed by atoms with E-state index in [0.29, 0.717) is 16.4 Å². The van der Waals surface area contributed by atoms with E-state index in [1.165, 1.54) is 16.7 Å². The van der Waals surface area contributed by atoms with Gasteiger partial charge < -0.3 is 9.47 Å². The molecule has 2 heterocycles. The molecule has 22 heavy (non-hydrogen) atoms. The molecule has 0 unspecified atom stereocenters. The number of halogens is 1. The zero-order valence-corrected chi connectivity index (χ0v) is 16.4. The number of alkyl halides is 1. The van der Waals surface area contributed by atoms with Crippen molar-refractivity contribution in [3.8, 4) is 0 Å². The highest BCUT2D eigenvalue weighted by molar-refractivity contribution is 14.1. The van der Waals surface area contributed by atoms with E-state index in [1.54, 1.807) is 0 Å². The first-order valence-electron chi connectivity index (χ1n) is 8.29. The molecule has 0 saturated carbocycles. The summed E-state index contributed by atoms with van der Waals surface area (Å²) in [6.45, 7) is 11.8.